The van der Waals surface area contributed by atoms with Crippen molar-refractivity contribution in [2.45, 2.75) is 39.2 Å². The quantitative estimate of drug-likeness (QED) is 0.300. The van der Waals surface area contributed by atoms with Crippen molar-refractivity contribution < 1.29 is 28.6 Å². The molecule has 2 rings (SSSR count). The third-order valence-corrected chi connectivity index (χ3v) is 6.22. The molecule has 192 valence electrons. The average molecular weight is 507 g/mol. The van der Waals surface area contributed by atoms with Crippen LogP contribution in [0.1, 0.15) is 32.3 Å². The number of nitrogens with one attached hydrogen (secondary N) is 1. The van der Waals surface area contributed by atoms with Gasteiger partial charge in [0.15, 0.2) is 6.10 Å². The smallest absolute Gasteiger partial charge is 0.333 e. The Kier molecular flexibility index (Phi) is 13.0. The first-order valence-corrected chi connectivity index (χ1v) is 13.0. The van der Waals surface area contributed by atoms with Gasteiger partial charge < -0.3 is 24.8 Å². The highest BCUT2D eigenvalue weighted by Gasteiger charge is 2.18. The number of aliphatic carboxylic acids is 1. The van der Waals surface area contributed by atoms with Crippen LogP contribution in [-0.4, -0.2) is 65.9 Å². The van der Waals surface area contributed by atoms with Gasteiger partial charge in [-0.1, -0.05) is 37.6 Å². The number of hydrogen-bond donors (Lipinski definition) is 2. The molecule has 0 heterocycles. The van der Waals surface area contributed by atoms with Crippen LogP contribution in [0.25, 0.3) is 0 Å². The SMILES string of the molecule is CCCCSCCN(CCOc1ccc(CC(OCC)C(=O)O)cc1)C(=O)Nc1ccccc1F. The van der Waals surface area contributed by atoms with Crippen LogP contribution >= 0.6 is 11.8 Å². The molecule has 1 unspecified atom stereocenters. The number of rotatable bonds is 16. The molecule has 1 atom stereocenters. The summed E-state index contributed by atoms with van der Waals surface area (Å²) < 4.78 is 25.0. The minimum Gasteiger partial charge on any atom is -0.492 e. The number of carboxylic acid groups (broad SMARTS) is 1. The van der Waals surface area contributed by atoms with Gasteiger partial charge in [-0.25, -0.2) is 14.0 Å². The second kappa shape index (κ2) is 16.0. The Morgan fingerprint density at radius 2 is 1.83 bits per heavy atom. The molecular formula is C26H35FN2O5S. The maximum atomic E-state index is 14.0. The summed E-state index contributed by atoms with van der Waals surface area (Å²) in [6.45, 7) is 5.35. The summed E-state index contributed by atoms with van der Waals surface area (Å²) >= 11 is 1.79. The Hall–Kier alpha value is -2.78. The predicted molar refractivity (Wildman–Crippen MR) is 138 cm³/mol. The summed E-state index contributed by atoms with van der Waals surface area (Å²) in [6.07, 6.45) is 1.63. The van der Waals surface area contributed by atoms with Crippen molar-refractivity contribution in [1.29, 1.82) is 0 Å². The van der Waals surface area contributed by atoms with Crippen LogP contribution in [0.15, 0.2) is 48.5 Å². The highest BCUT2D eigenvalue weighted by Crippen LogP contribution is 2.16. The van der Waals surface area contributed by atoms with Crippen molar-refractivity contribution in [1.82, 2.24) is 4.90 Å². The van der Waals surface area contributed by atoms with Crippen LogP contribution in [0.2, 0.25) is 0 Å². The predicted octanol–water partition coefficient (Wildman–Crippen LogP) is 5.30. The van der Waals surface area contributed by atoms with E-state index in [1.807, 2.05) is 0 Å². The number of ether oxygens (including phenoxy) is 2. The number of thioether (sulfide) groups is 1. The standard InChI is InChI=1S/C26H35FN2O5S/c1-3-5-17-35-18-15-29(26(32)28-23-9-7-6-8-22(23)27)14-16-34-21-12-10-20(11-13-21)19-24(25(30)31)33-4-2/h6-13,24H,3-5,14-19H2,1-2H3,(H,28,32)(H,30,31). The lowest BCUT2D eigenvalue weighted by molar-refractivity contribution is -0.149. The number of halogens is 1. The van der Waals surface area contributed by atoms with Gasteiger partial charge in [0.2, 0.25) is 0 Å². The van der Waals surface area contributed by atoms with Gasteiger partial charge in [0, 0.05) is 25.3 Å². The molecule has 7 nitrogen and oxygen atoms in total. The van der Waals surface area contributed by atoms with Crippen molar-refractivity contribution >= 4 is 29.4 Å². The van der Waals surface area contributed by atoms with Gasteiger partial charge in [0.1, 0.15) is 18.2 Å². The van der Waals surface area contributed by atoms with Crippen LogP contribution < -0.4 is 10.1 Å². The summed E-state index contributed by atoms with van der Waals surface area (Å²) in [5, 5.41) is 11.9. The zero-order chi connectivity index (χ0) is 25.5. The van der Waals surface area contributed by atoms with E-state index < -0.39 is 17.9 Å². The number of unbranched alkanes of at least 4 members (excludes halogenated alkanes) is 1. The van der Waals surface area contributed by atoms with Gasteiger partial charge in [-0.2, -0.15) is 11.8 Å². The van der Waals surface area contributed by atoms with Crippen molar-refractivity contribution in [2.24, 2.45) is 0 Å². The minimum atomic E-state index is -0.992. The van der Waals surface area contributed by atoms with Crippen molar-refractivity contribution in [2.75, 3.05) is 43.1 Å². The van der Waals surface area contributed by atoms with Crippen LogP contribution in [0.4, 0.5) is 14.9 Å². The van der Waals surface area contributed by atoms with E-state index in [-0.39, 0.29) is 24.7 Å². The number of para-hydroxylation sites is 1. The Morgan fingerprint density at radius 1 is 1.09 bits per heavy atom. The molecule has 35 heavy (non-hydrogen) atoms. The van der Waals surface area contributed by atoms with Crippen molar-refractivity contribution in [3.63, 3.8) is 0 Å². The fourth-order valence-corrected chi connectivity index (χ4v) is 4.27. The molecule has 0 saturated heterocycles. The summed E-state index contributed by atoms with van der Waals surface area (Å²) in [4.78, 5) is 25.7. The molecule has 2 aromatic carbocycles. The van der Waals surface area contributed by atoms with Crippen molar-refractivity contribution in [3.8, 4) is 5.75 Å². The van der Waals surface area contributed by atoms with E-state index in [9.17, 15) is 19.1 Å². The normalized spacial score (nSPS) is 11.6. The number of urea groups is 1. The first kappa shape index (κ1) is 28.5. The number of hydrogen-bond acceptors (Lipinski definition) is 5. The fourth-order valence-electron chi connectivity index (χ4n) is 3.22. The molecule has 0 aliphatic rings. The Bertz CT molecular complexity index is 913. The summed E-state index contributed by atoms with van der Waals surface area (Å²) in [5.41, 5.74) is 0.970. The van der Waals surface area contributed by atoms with Crippen LogP contribution in [0.3, 0.4) is 0 Å². The lowest BCUT2D eigenvalue weighted by Gasteiger charge is -2.23. The molecule has 0 radical (unpaired) electrons. The number of carbonyl (C=O) groups excluding carboxylic acids is 1. The molecule has 0 aliphatic carbocycles. The van der Waals surface area contributed by atoms with Crippen LogP contribution in [0.5, 0.6) is 5.75 Å². The number of amides is 2. The van der Waals surface area contributed by atoms with Gasteiger partial charge in [-0.3, -0.25) is 0 Å². The second-order valence-electron chi connectivity index (χ2n) is 7.84. The fraction of sp³-hybridized carbons (Fsp3) is 0.462. The number of carbonyl (C=O) groups is 2. The second-order valence-corrected chi connectivity index (χ2v) is 9.07. The molecule has 0 saturated carbocycles. The maximum Gasteiger partial charge on any atom is 0.333 e. The van der Waals surface area contributed by atoms with Gasteiger partial charge in [0.25, 0.3) is 0 Å². The third-order valence-electron chi connectivity index (χ3n) is 5.17. The highest BCUT2D eigenvalue weighted by molar-refractivity contribution is 7.99. The largest absolute Gasteiger partial charge is 0.492 e. The Balaban J connectivity index is 1.91. The molecule has 0 bridgehead atoms. The number of anilines is 1. The average Bonchev–Trinajstić information content (AvgIpc) is 2.84. The Labute approximate surface area is 211 Å². The zero-order valence-electron chi connectivity index (χ0n) is 20.4. The van der Waals surface area contributed by atoms with E-state index in [1.54, 1.807) is 60.0 Å². The Morgan fingerprint density at radius 3 is 2.49 bits per heavy atom. The van der Waals surface area contributed by atoms with Crippen molar-refractivity contribution in [3.05, 3.63) is 59.9 Å². The molecular weight excluding hydrogens is 471 g/mol. The van der Waals surface area contributed by atoms with E-state index in [0.717, 1.165) is 29.9 Å². The van der Waals surface area contributed by atoms with Gasteiger partial charge in [0.05, 0.1) is 12.2 Å². The topological polar surface area (TPSA) is 88.1 Å². The molecule has 2 aromatic rings. The first-order chi connectivity index (χ1) is 16.9. The summed E-state index contributed by atoms with van der Waals surface area (Å²) in [6, 6.07) is 12.8. The van der Waals surface area contributed by atoms with E-state index in [2.05, 4.69) is 12.2 Å². The van der Waals surface area contributed by atoms with Crippen LogP contribution in [-0.2, 0) is 16.0 Å². The van der Waals surface area contributed by atoms with Gasteiger partial charge >= 0.3 is 12.0 Å². The van der Waals surface area contributed by atoms with E-state index in [4.69, 9.17) is 9.47 Å². The van der Waals surface area contributed by atoms with E-state index in [1.165, 1.54) is 12.1 Å². The molecule has 2 amide bonds. The van der Waals surface area contributed by atoms with E-state index >= 15 is 0 Å². The molecule has 0 fully saturated rings. The molecule has 0 aromatic heterocycles. The van der Waals surface area contributed by atoms with Crippen LogP contribution in [0, 0.1) is 5.82 Å². The molecule has 0 aliphatic heterocycles. The molecule has 2 N–H and O–H groups in total. The summed E-state index contributed by atoms with van der Waals surface area (Å²) in [7, 11) is 0. The molecule has 0 spiro atoms. The zero-order valence-corrected chi connectivity index (χ0v) is 21.2. The highest BCUT2D eigenvalue weighted by atomic mass is 32.2. The third kappa shape index (κ3) is 10.6. The minimum absolute atomic E-state index is 0.143. The number of benzene rings is 2. The number of carboxylic acids is 1. The maximum absolute atomic E-state index is 14.0. The molecule has 9 heteroatoms. The van der Waals surface area contributed by atoms with E-state index in [0.29, 0.717) is 25.4 Å². The van der Waals surface area contributed by atoms with Gasteiger partial charge in [-0.05, 0) is 48.9 Å². The lowest BCUT2D eigenvalue weighted by Crippen LogP contribution is -2.39. The number of nitrogens with zero attached hydrogens (tertiary/aromatic N) is 1. The summed E-state index contributed by atoms with van der Waals surface area (Å²) in [5.74, 6) is 0.958. The van der Waals surface area contributed by atoms with Gasteiger partial charge in [-0.15, -0.1) is 0 Å². The monoisotopic (exact) mass is 506 g/mol. The first-order valence-electron chi connectivity index (χ1n) is 11.9. The lowest BCUT2D eigenvalue weighted by atomic mass is 10.1.